The van der Waals surface area contributed by atoms with Gasteiger partial charge in [-0.15, -0.1) is 0 Å². The van der Waals surface area contributed by atoms with Gasteiger partial charge in [-0.3, -0.25) is 14.6 Å². The Bertz CT molecular complexity index is 456. The molecule has 1 unspecified atom stereocenters. The lowest BCUT2D eigenvalue weighted by atomic mass is 10.4. The van der Waals surface area contributed by atoms with Gasteiger partial charge in [-0.05, 0) is 12.1 Å². The first-order valence-corrected chi connectivity index (χ1v) is 7.09. The Balaban J connectivity index is 2.84. The topological polar surface area (TPSA) is 69.4 Å². The second-order valence-corrected chi connectivity index (χ2v) is 7.08. The minimum absolute atomic E-state index is 0.0800. The highest BCUT2D eigenvalue weighted by Crippen LogP contribution is 2.45. The molecule has 1 aromatic rings. The van der Waals surface area contributed by atoms with Crippen molar-refractivity contribution >= 4 is 12.8 Å². The minimum Gasteiger partial charge on any atom is -0.329 e. The van der Waals surface area contributed by atoms with Gasteiger partial charge in [0.15, 0.2) is 0 Å². The molecule has 0 radical (unpaired) electrons. The second kappa shape index (κ2) is 5.61. The predicted octanol–water partition coefficient (Wildman–Crippen LogP) is 1.50. The first-order valence-electron chi connectivity index (χ1n) is 5.51. The number of nitrogens with zero attached hydrogens (tertiary/aromatic N) is 2. The van der Waals surface area contributed by atoms with Crippen molar-refractivity contribution in [3.05, 3.63) is 40.4 Å². The zero-order valence-corrected chi connectivity index (χ0v) is 11.7. The molecular weight excluding hydrogens is 255 g/mol. The summed E-state index contributed by atoms with van der Waals surface area (Å²) in [6.07, 6.45) is 0. The summed E-state index contributed by atoms with van der Waals surface area (Å²) in [4.78, 5) is 11.0. The van der Waals surface area contributed by atoms with E-state index in [4.69, 9.17) is 4.52 Å². The Morgan fingerprint density at radius 3 is 2.28 bits per heavy atom. The number of nitro groups is 1. The average Bonchev–Trinajstić information content (AvgIpc) is 2.28. The van der Waals surface area contributed by atoms with E-state index < -0.39 is 12.2 Å². The molecule has 0 fully saturated rings. The van der Waals surface area contributed by atoms with Crippen molar-refractivity contribution in [1.82, 2.24) is 0 Å². The first kappa shape index (κ1) is 14.8. The largest absolute Gasteiger partial charge is 0.540 e. The molecule has 6 nitrogen and oxygen atoms in total. The van der Waals surface area contributed by atoms with Gasteiger partial charge in [0, 0.05) is 0 Å². The monoisotopic (exact) mass is 273 g/mol. The molecule has 7 heteroatoms. The molecule has 0 heterocycles. The van der Waals surface area contributed by atoms with E-state index in [1.165, 1.54) is 12.1 Å². The van der Waals surface area contributed by atoms with Crippen molar-refractivity contribution in [2.24, 2.45) is 0 Å². The van der Waals surface area contributed by atoms with E-state index in [0.29, 0.717) is 11.0 Å². The molecule has 0 aliphatic carbocycles. The molecule has 0 spiro atoms. The summed E-state index contributed by atoms with van der Waals surface area (Å²) in [5.74, 6) is 0. The van der Waals surface area contributed by atoms with Gasteiger partial charge in [-0.2, -0.15) is 0 Å². The van der Waals surface area contributed by atoms with E-state index in [0.717, 1.165) is 0 Å². The van der Waals surface area contributed by atoms with Crippen LogP contribution in [0.3, 0.4) is 0 Å². The van der Waals surface area contributed by atoms with Gasteiger partial charge in [0.1, 0.15) is 18.5 Å². The number of rotatable bonds is 6. The van der Waals surface area contributed by atoms with Crippen LogP contribution in [-0.2, 0) is 9.09 Å². The smallest absolute Gasteiger partial charge is 0.329 e. The highest BCUT2D eigenvalue weighted by molar-refractivity contribution is 7.60. The van der Waals surface area contributed by atoms with E-state index in [1.54, 1.807) is 18.2 Å². The van der Waals surface area contributed by atoms with Gasteiger partial charge in [-0.25, -0.2) is 4.57 Å². The third-order valence-electron chi connectivity index (χ3n) is 2.33. The van der Waals surface area contributed by atoms with Crippen LogP contribution in [-0.4, -0.2) is 43.5 Å². The molecule has 1 rings (SSSR count). The molecule has 1 aromatic carbocycles. The van der Waals surface area contributed by atoms with Crippen LogP contribution in [0.5, 0.6) is 0 Å². The van der Waals surface area contributed by atoms with Crippen LogP contribution >= 0.6 is 7.52 Å². The van der Waals surface area contributed by atoms with Crippen LogP contribution in [0.25, 0.3) is 0 Å². The third-order valence-corrected chi connectivity index (χ3v) is 4.24. The molecule has 0 saturated heterocycles. The van der Waals surface area contributed by atoms with Gasteiger partial charge in [0.05, 0.1) is 25.8 Å². The quantitative estimate of drug-likeness (QED) is 0.341. The fourth-order valence-corrected chi connectivity index (χ4v) is 2.58. The fraction of sp³-hybridized carbons (Fsp3) is 0.455. The molecule has 0 aliphatic heterocycles. The summed E-state index contributed by atoms with van der Waals surface area (Å²) < 4.78 is 17.1. The Morgan fingerprint density at radius 1 is 1.28 bits per heavy atom. The first-order chi connectivity index (χ1) is 8.26. The molecule has 0 N–H and O–H groups in total. The Labute approximate surface area is 106 Å². The Hall–Kier alpha value is -1.23. The number of likely N-dealkylation sites (N-methyl/N-ethyl adjacent to an activating group) is 1. The van der Waals surface area contributed by atoms with Gasteiger partial charge >= 0.3 is 7.52 Å². The maximum absolute atomic E-state index is 12.3. The predicted molar refractivity (Wildman–Crippen MR) is 69.5 cm³/mol. The van der Waals surface area contributed by atoms with Gasteiger partial charge in [-0.1, -0.05) is 18.2 Å². The normalized spacial score (nSPS) is 15.1. The molecule has 0 bridgehead atoms. The molecule has 0 aliphatic rings. The van der Waals surface area contributed by atoms with E-state index in [1.807, 2.05) is 21.1 Å². The van der Waals surface area contributed by atoms with Crippen LogP contribution in [0, 0.1) is 10.1 Å². The minimum atomic E-state index is -4.02. The molecule has 1 atom stereocenters. The zero-order valence-electron chi connectivity index (χ0n) is 10.8. The van der Waals surface area contributed by atoms with Crippen LogP contribution in [0.1, 0.15) is 0 Å². The van der Waals surface area contributed by atoms with Crippen LogP contribution in [0.15, 0.2) is 30.3 Å². The van der Waals surface area contributed by atoms with Gasteiger partial charge in [0.25, 0.3) is 0 Å². The molecular formula is C11H18N2O4P+. The SMILES string of the molecule is C[N+](C)(C)CCOP(=O)(c1ccccc1)[N+](=O)[O-]. The lowest BCUT2D eigenvalue weighted by Crippen LogP contribution is -2.37. The summed E-state index contributed by atoms with van der Waals surface area (Å²) in [7, 11) is 1.78. The summed E-state index contributed by atoms with van der Waals surface area (Å²) in [6.45, 7) is 0.626. The van der Waals surface area contributed by atoms with Crippen molar-refractivity contribution in [3.63, 3.8) is 0 Å². The van der Waals surface area contributed by atoms with Gasteiger partial charge in [0.2, 0.25) is 0 Å². The van der Waals surface area contributed by atoms with E-state index in [2.05, 4.69) is 0 Å². The third kappa shape index (κ3) is 3.91. The molecule has 100 valence electrons. The molecule has 18 heavy (non-hydrogen) atoms. The van der Waals surface area contributed by atoms with Crippen molar-refractivity contribution in [3.8, 4) is 0 Å². The van der Waals surface area contributed by atoms with Crippen LogP contribution in [0.4, 0.5) is 0 Å². The zero-order chi connectivity index (χ0) is 13.8. The second-order valence-electron chi connectivity index (χ2n) is 4.94. The standard InChI is InChI=1S/C11H18N2O4P/c1-13(2,3)9-10-17-18(16,12(14)15)11-7-5-4-6-8-11/h4-8H,9-10H2,1-3H3/q+1. The highest BCUT2D eigenvalue weighted by atomic mass is 31.2. The van der Waals surface area contributed by atoms with Crippen LogP contribution in [0.2, 0.25) is 0 Å². The molecule has 0 amide bonds. The van der Waals surface area contributed by atoms with Crippen molar-refractivity contribution in [1.29, 1.82) is 0 Å². The Morgan fingerprint density at radius 2 is 1.83 bits per heavy atom. The summed E-state index contributed by atoms with van der Waals surface area (Å²) in [5.41, 5.74) is 0. The Kier molecular flexibility index (Phi) is 4.62. The lowest BCUT2D eigenvalue weighted by Gasteiger charge is -2.23. The number of hydrogen-bond donors (Lipinski definition) is 0. The summed E-state index contributed by atoms with van der Waals surface area (Å²) in [6, 6.07) is 7.83. The maximum Gasteiger partial charge on any atom is 0.540 e. The summed E-state index contributed by atoms with van der Waals surface area (Å²) in [5, 5.41) is 11.1. The van der Waals surface area contributed by atoms with Crippen molar-refractivity contribution in [2.75, 3.05) is 34.3 Å². The number of benzene rings is 1. The lowest BCUT2D eigenvalue weighted by molar-refractivity contribution is -0.870. The number of quaternary nitrogens is 1. The molecule has 0 saturated carbocycles. The van der Waals surface area contributed by atoms with Crippen molar-refractivity contribution < 1.29 is 18.3 Å². The van der Waals surface area contributed by atoms with E-state index in [9.17, 15) is 14.7 Å². The van der Waals surface area contributed by atoms with Gasteiger partial charge < -0.3 is 4.48 Å². The summed E-state index contributed by atoms with van der Waals surface area (Å²) >= 11 is 0. The van der Waals surface area contributed by atoms with Crippen molar-refractivity contribution in [2.45, 2.75) is 0 Å². The van der Waals surface area contributed by atoms with E-state index >= 15 is 0 Å². The van der Waals surface area contributed by atoms with Crippen LogP contribution < -0.4 is 5.30 Å². The highest BCUT2D eigenvalue weighted by Gasteiger charge is 2.40. The molecule has 0 aromatic heterocycles. The number of hydrogen-bond acceptors (Lipinski definition) is 4. The maximum atomic E-state index is 12.3. The van der Waals surface area contributed by atoms with E-state index in [-0.39, 0.29) is 11.9 Å². The average molecular weight is 273 g/mol. The fourth-order valence-electron chi connectivity index (χ4n) is 1.27.